The largest absolute Gasteiger partial charge is 0.493 e. The minimum absolute atomic E-state index is 0.00794. The lowest BCUT2D eigenvalue weighted by Crippen LogP contribution is -2.47. The lowest BCUT2D eigenvalue weighted by molar-refractivity contribution is -0.126. The Morgan fingerprint density at radius 2 is 2.08 bits per heavy atom. The number of hydrogen-bond donors (Lipinski definition) is 2. The van der Waals surface area contributed by atoms with Gasteiger partial charge in [0.05, 0.1) is 24.8 Å². The number of aliphatic hydroxyl groups excluding tert-OH is 1. The van der Waals surface area contributed by atoms with E-state index in [2.05, 4.69) is 10.2 Å². The summed E-state index contributed by atoms with van der Waals surface area (Å²) in [5, 5.41) is 13.3. The van der Waals surface area contributed by atoms with Crippen LogP contribution in [0.25, 0.3) is 0 Å². The first kappa shape index (κ1) is 18.2. The van der Waals surface area contributed by atoms with E-state index >= 15 is 0 Å². The summed E-state index contributed by atoms with van der Waals surface area (Å²) in [6, 6.07) is 7.69. The predicted octanol–water partition coefficient (Wildman–Crippen LogP) is 2.50. The van der Waals surface area contributed by atoms with E-state index in [4.69, 9.17) is 4.74 Å². The van der Waals surface area contributed by atoms with E-state index < -0.39 is 0 Å². The van der Waals surface area contributed by atoms with Gasteiger partial charge in [-0.15, -0.1) is 0 Å². The van der Waals surface area contributed by atoms with Gasteiger partial charge in [-0.1, -0.05) is 31.0 Å². The van der Waals surface area contributed by atoms with Crippen molar-refractivity contribution in [3.05, 3.63) is 29.8 Å². The van der Waals surface area contributed by atoms with Gasteiger partial charge in [-0.2, -0.15) is 0 Å². The summed E-state index contributed by atoms with van der Waals surface area (Å²) in [6.07, 6.45) is 4.79. The number of fused-ring (bicyclic) bond motifs is 1. The average Bonchev–Trinajstić information content (AvgIpc) is 2.63. The summed E-state index contributed by atoms with van der Waals surface area (Å²) >= 11 is 0. The van der Waals surface area contributed by atoms with Crippen LogP contribution in [-0.2, 0) is 4.79 Å². The van der Waals surface area contributed by atoms with Crippen LogP contribution in [0.15, 0.2) is 24.3 Å². The lowest BCUT2D eigenvalue weighted by atomic mass is 9.86. The summed E-state index contributed by atoms with van der Waals surface area (Å²) in [7, 11) is 1.98. The van der Waals surface area contributed by atoms with Crippen molar-refractivity contribution in [3.63, 3.8) is 0 Å². The topological polar surface area (TPSA) is 61.8 Å². The van der Waals surface area contributed by atoms with Gasteiger partial charge in [-0.3, -0.25) is 9.69 Å². The fourth-order valence-electron chi connectivity index (χ4n) is 3.91. The Morgan fingerprint density at radius 3 is 2.88 bits per heavy atom. The van der Waals surface area contributed by atoms with Gasteiger partial charge in [0.1, 0.15) is 5.75 Å². The fraction of sp³-hybridized carbons (Fsp3) is 0.650. The van der Waals surface area contributed by atoms with Gasteiger partial charge in [0.25, 0.3) is 0 Å². The molecule has 1 aliphatic carbocycles. The Hall–Kier alpha value is -1.59. The molecule has 5 heteroatoms. The highest BCUT2D eigenvalue weighted by Crippen LogP contribution is 2.31. The van der Waals surface area contributed by atoms with E-state index in [-0.39, 0.29) is 30.0 Å². The van der Waals surface area contributed by atoms with Gasteiger partial charge in [-0.25, -0.2) is 0 Å². The summed E-state index contributed by atoms with van der Waals surface area (Å²) in [4.78, 5) is 14.8. The van der Waals surface area contributed by atoms with Gasteiger partial charge >= 0.3 is 0 Å². The third kappa shape index (κ3) is 4.33. The van der Waals surface area contributed by atoms with Crippen molar-refractivity contribution in [3.8, 4) is 5.75 Å². The molecule has 1 aliphatic heterocycles. The number of nitrogens with zero attached hydrogens (tertiary/aromatic N) is 1. The molecular formula is C20H30N2O3. The molecule has 0 spiro atoms. The van der Waals surface area contributed by atoms with Crippen molar-refractivity contribution in [1.29, 1.82) is 0 Å². The number of likely N-dealkylation sites (N-methyl/N-ethyl adjacent to an activating group) is 1. The van der Waals surface area contributed by atoms with E-state index in [9.17, 15) is 9.90 Å². The lowest BCUT2D eigenvalue weighted by Gasteiger charge is -2.34. The van der Waals surface area contributed by atoms with Gasteiger partial charge in [0, 0.05) is 18.5 Å². The molecular weight excluding hydrogens is 316 g/mol. The van der Waals surface area contributed by atoms with Crippen LogP contribution in [0.5, 0.6) is 5.75 Å². The van der Waals surface area contributed by atoms with Crippen LogP contribution in [0.3, 0.4) is 0 Å². The molecule has 0 radical (unpaired) electrons. The van der Waals surface area contributed by atoms with Crippen LogP contribution in [-0.4, -0.2) is 48.3 Å². The minimum Gasteiger partial charge on any atom is -0.493 e. The maximum absolute atomic E-state index is 12.7. The monoisotopic (exact) mass is 346 g/mol. The van der Waals surface area contributed by atoms with Crippen LogP contribution >= 0.6 is 0 Å². The third-order valence-corrected chi connectivity index (χ3v) is 5.71. The zero-order valence-electron chi connectivity index (χ0n) is 15.3. The first-order valence-corrected chi connectivity index (χ1v) is 9.46. The molecule has 4 unspecified atom stereocenters. The smallest absolute Gasteiger partial charge is 0.237 e. The summed E-state index contributed by atoms with van der Waals surface area (Å²) in [5.74, 6) is 1.18. The molecule has 1 aromatic rings. The maximum Gasteiger partial charge on any atom is 0.237 e. The summed E-state index contributed by atoms with van der Waals surface area (Å²) < 4.78 is 5.67. The molecule has 2 N–H and O–H groups in total. The number of para-hydroxylation sites is 1. The third-order valence-electron chi connectivity index (χ3n) is 5.71. The van der Waals surface area contributed by atoms with E-state index in [1.165, 1.54) is 6.42 Å². The molecule has 1 saturated carbocycles. The molecule has 5 nitrogen and oxygen atoms in total. The quantitative estimate of drug-likeness (QED) is 0.860. The SMILES string of the molecule is CC(C(=O)NC1CCOc2ccccc21)N(C)CC1CCCCC1O. The van der Waals surface area contributed by atoms with Crippen molar-refractivity contribution in [1.82, 2.24) is 10.2 Å². The number of rotatable bonds is 5. The predicted molar refractivity (Wildman–Crippen MR) is 97.5 cm³/mol. The van der Waals surface area contributed by atoms with E-state index in [1.54, 1.807) is 0 Å². The van der Waals surface area contributed by atoms with Crippen LogP contribution < -0.4 is 10.1 Å². The highest BCUT2D eigenvalue weighted by atomic mass is 16.5. The van der Waals surface area contributed by atoms with Gasteiger partial charge in [0.2, 0.25) is 5.91 Å². The number of aliphatic hydroxyl groups is 1. The van der Waals surface area contributed by atoms with Crippen molar-refractivity contribution < 1.29 is 14.6 Å². The molecule has 138 valence electrons. The number of ether oxygens (including phenoxy) is 1. The molecule has 1 heterocycles. The minimum atomic E-state index is -0.228. The molecule has 1 aromatic carbocycles. The zero-order valence-corrected chi connectivity index (χ0v) is 15.3. The molecule has 0 aromatic heterocycles. The number of hydrogen-bond acceptors (Lipinski definition) is 4. The average molecular weight is 346 g/mol. The van der Waals surface area contributed by atoms with Gasteiger partial charge < -0.3 is 15.2 Å². The second-order valence-corrected chi connectivity index (χ2v) is 7.46. The molecule has 0 bridgehead atoms. The number of carbonyl (C=O) groups excluding carboxylic acids is 1. The Balaban J connectivity index is 1.57. The summed E-state index contributed by atoms with van der Waals surface area (Å²) in [6.45, 7) is 3.33. The number of carbonyl (C=O) groups is 1. The van der Waals surface area contributed by atoms with Crippen LogP contribution in [0, 0.1) is 5.92 Å². The fourth-order valence-corrected chi connectivity index (χ4v) is 3.91. The van der Waals surface area contributed by atoms with Crippen molar-refractivity contribution >= 4 is 5.91 Å². The number of nitrogens with one attached hydrogen (secondary N) is 1. The van der Waals surface area contributed by atoms with Gasteiger partial charge in [0.15, 0.2) is 0 Å². The molecule has 1 fully saturated rings. The molecule has 3 rings (SSSR count). The second kappa shape index (κ2) is 8.19. The van der Waals surface area contributed by atoms with Crippen LogP contribution in [0.2, 0.25) is 0 Å². The summed E-state index contributed by atoms with van der Waals surface area (Å²) in [5.41, 5.74) is 1.06. The Bertz CT molecular complexity index is 592. The second-order valence-electron chi connectivity index (χ2n) is 7.46. The van der Waals surface area contributed by atoms with Crippen molar-refractivity contribution in [2.24, 2.45) is 5.92 Å². The highest BCUT2D eigenvalue weighted by molar-refractivity contribution is 5.81. The maximum atomic E-state index is 12.7. The first-order valence-electron chi connectivity index (χ1n) is 9.46. The highest BCUT2D eigenvalue weighted by Gasteiger charge is 2.29. The van der Waals surface area contributed by atoms with Crippen molar-refractivity contribution in [2.75, 3.05) is 20.2 Å². The van der Waals surface area contributed by atoms with Crippen molar-refractivity contribution in [2.45, 2.75) is 57.2 Å². The zero-order chi connectivity index (χ0) is 17.8. The molecule has 25 heavy (non-hydrogen) atoms. The number of benzene rings is 1. The molecule has 0 saturated heterocycles. The van der Waals surface area contributed by atoms with Crippen LogP contribution in [0.1, 0.15) is 50.6 Å². The standard InChI is InChI=1S/C20H30N2O3/c1-14(22(2)13-15-7-3-5-9-18(15)23)20(24)21-17-11-12-25-19-10-6-4-8-16(17)19/h4,6,8,10,14-15,17-18,23H,3,5,7,9,11-13H2,1-2H3,(H,21,24). The molecule has 4 atom stereocenters. The Labute approximate surface area is 150 Å². The normalized spacial score (nSPS) is 27.3. The van der Waals surface area contributed by atoms with E-state index in [0.717, 1.165) is 43.5 Å². The first-order chi connectivity index (χ1) is 12.1. The van der Waals surface area contributed by atoms with E-state index in [1.807, 2.05) is 38.2 Å². The Morgan fingerprint density at radius 1 is 1.32 bits per heavy atom. The van der Waals surface area contributed by atoms with E-state index in [0.29, 0.717) is 6.61 Å². The van der Waals surface area contributed by atoms with Crippen LogP contribution in [0.4, 0.5) is 0 Å². The molecule has 1 amide bonds. The number of amides is 1. The molecule has 2 aliphatic rings. The Kier molecular flexibility index (Phi) is 5.97. The van der Waals surface area contributed by atoms with Gasteiger partial charge in [-0.05, 0) is 38.8 Å².